The van der Waals surface area contributed by atoms with Gasteiger partial charge in [-0.15, -0.1) is 0 Å². The Morgan fingerprint density at radius 3 is 2.50 bits per heavy atom. The van der Waals surface area contributed by atoms with Crippen LogP contribution in [-0.2, 0) is 9.36 Å². The zero-order valence-electron chi connectivity index (χ0n) is 6.96. The number of carbonyl (C=O) groups is 1. The first-order chi connectivity index (χ1) is 5.90. The van der Waals surface area contributed by atoms with E-state index in [1.807, 2.05) is 0 Å². The average molecular weight is 233 g/mol. The van der Waals surface area contributed by atoms with Gasteiger partial charge in [-0.05, 0) is 19.4 Å². The summed E-state index contributed by atoms with van der Waals surface area (Å²) in [6.07, 6.45) is 0.691. The first-order valence-electron chi connectivity index (χ1n) is 3.91. The van der Waals surface area contributed by atoms with Crippen molar-refractivity contribution in [3.63, 3.8) is 0 Å². The summed E-state index contributed by atoms with van der Waals surface area (Å²) in [5, 5.41) is 8.69. The SMILES string of the molecule is O=C(O)[C@@H]1CCCN1CP(=O)(O)O.[NaH]. The van der Waals surface area contributed by atoms with Gasteiger partial charge in [0.15, 0.2) is 0 Å². The molecule has 0 radical (unpaired) electrons. The Balaban J connectivity index is 0.00000169. The Labute approximate surface area is 104 Å². The van der Waals surface area contributed by atoms with Crippen molar-refractivity contribution in [3.8, 4) is 0 Å². The fraction of sp³-hybridized carbons (Fsp3) is 0.833. The van der Waals surface area contributed by atoms with Gasteiger partial charge in [0.05, 0.1) is 0 Å². The molecule has 0 bridgehead atoms. The quantitative estimate of drug-likeness (QED) is 0.428. The van der Waals surface area contributed by atoms with E-state index in [-0.39, 0.29) is 29.6 Å². The first-order valence-corrected chi connectivity index (χ1v) is 5.71. The third-order valence-corrected chi connectivity index (χ3v) is 2.75. The molecule has 0 unspecified atom stereocenters. The van der Waals surface area contributed by atoms with E-state index >= 15 is 0 Å². The molecule has 1 heterocycles. The molecule has 0 aliphatic carbocycles. The van der Waals surface area contributed by atoms with Gasteiger partial charge < -0.3 is 14.9 Å². The van der Waals surface area contributed by atoms with Crippen LogP contribution in [0.25, 0.3) is 0 Å². The van der Waals surface area contributed by atoms with Crippen molar-refractivity contribution in [3.05, 3.63) is 0 Å². The van der Waals surface area contributed by atoms with Crippen molar-refractivity contribution in [1.29, 1.82) is 0 Å². The van der Waals surface area contributed by atoms with Crippen molar-refractivity contribution in [2.75, 3.05) is 12.8 Å². The molecule has 1 fully saturated rings. The number of carboxylic acids is 1. The van der Waals surface area contributed by atoms with Gasteiger partial charge in [-0.2, -0.15) is 0 Å². The van der Waals surface area contributed by atoms with Crippen molar-refractivity contribution < 1.29 is 24.3 Å². The van der Waals surface area contributed by atoms with Gasteiger partial charge >= 0.3 is 43.1 Å². The molecule has 78 valence electrons. The molecular formula is C6H13NNaO5P. The van der Waals surface area contributed by atoms with Gasteiger partial charge in [0.25, 0.3) is 0 Å². The molecule has 1 rings (SSSR count). The van der Waals surface area contributed by atoms with Crippen LogP contribution >= 0.6 is 7.60 Å². The molecule has 0 aromatic carbocycles. The molecule has 8 heteroatoms. The van der Waals surface area contributed by atoms with E-state index in [0.717, 1.165) is 0 Å². The molecule has 0 spiro atoms. The van der Waals surface area contributed by atoms with E-state index in [2.05, 4.69) is 0 Å². The monoisotopic (exact) mass is 233 g/mol. The van der Waals surface area contributed by atoms with Crippen LogP contribution in [0.1, 0.15) is 12.8 Å². The second-order valence-electron chi connectivity index (χ2n) is 3.11. The maximum atomic E-state index is 10.6. The second kappa shape index (κ2) is 5.61. The topological polar surface area (TPSA) is 98.1 Å². The van der Waals surface area contributed by atoms with Gasteiger partial charge in [-0.25, -0.2) is 0 Å². The molecule has 0 aromatic rings. The zero-order chi connectivity index (χ0) is 10.1. The number of rotatable bonds is 3. The zero-order valence-corrected chi connectivity index (χ0v) is 7.85. The normalized spacial score (nSPS) is 23.1. The van der Waals surface area contributed by atoms with Crippen molar-refractivity contribution in [2.45, 2.75) is 18.9 Å². The number of carboxylic acid groups (broad SMARTS) is 1. The van der Waals surface area contributed by atoms with Crippen LogP contribution in [0.2, 0.25) is 0 Å². The Morgan fingerprint density at radius 2 is 2.07 bits per heavy atom. The van der Waals surface area contributed by atoms with Crippen LogP contribution in [-0.4, -0.2) is 74.2 Å². The predicted molar refractivity (Wildman–Crippen MR) is 51.4 cm³/mol. The van der Waals surface area contributed by atoms with Crippen molar-refractivity contribution >= 4 is 43.1 Å². The number of hydrogen-bond donors (Lipinski definition) is 3. The summed E-state index contributed by atoms with van der Waals surface area (Å²) in [6.45, 7) is 0.447. The fourth-order valence-corrected chi connectivity index (χ4v) is 2.32. The van der Waals surface area contributed by atoms with E-state index in [0.29, 0.717) is 19.4 Å². The summed E-state index contributed by atoms with van der Waals surface area (Å²) in [7, 11) is -4.13. The molecule has 0 saturated carbocycles. The molecule has 0 aromatic heterocycles. The molecule has 1 atom stereocenters. The van der Waals surface area contributed by atoms with Gasteiger partial charge in [0.1, 0.15) is 12.3 Å². The molecule has 3 N–H and O–H groups in total. The van der Waals surface area contributed by atoms with Crippen LogP contribution in [0.4, 0.5) is 0 Å². The summed E-state index contributed by atoms with van der Waals surface area (Å²) in [5.74, 6) is -1.01. The van der Waals surface area contributed by atoms with Crippen LogP contribution in [0, 0.1) is 0 Å². The number of nitrogens with zero attached hydrogens (tertiary/aromatic N) is 1. The molecule has 1 saturated heterocycles. The Bertz CT molecular complexity index is 255. The maximum absolute atomic E-state index is 10.6. The molecule has 0 amide bonds. The summed E-state index contributed by atoms with van der Waals surface area (Å²) in [4.78, 5) is 29.2. The Morgan fingerprint density at radius 1 is 1.50 bits per heavy atom. The predicted octanol–water partition coefficient (Wildman–Crippen LogP) is -0.978. The van der Waals surface area contributed by atoms with Crippen LogP contribution in [0.3, 0.4) is 0 Å². The first kappa shape index (κ1) is 14.6. The molecule has 6 nitrogen and oxygen atoms in total. The van der Waals surface area contributed by atoms with Gasteiger partial charge in [-0.1, -0.05) is 0 Å². The Kier molecular flexibility index (Phi) is 5.84. The number of likely N-dealkylation sites (tertiary alicyclic amines) is 1. The van der Waals surface area contributed by atoms with Crippen molar-refractivity contribution in [2.24, 2.45) is 0 Å². The number of hydrogen-bond acceptors (Lipinski definition) is 3. The fourth-order valence-electron chi connectivity index (χ4n) is 1.51. The molecule has 14 heavy (non-hydrogen) atoms. The van der Waals surface area contributed by atoms with E-state index < -0.39 is 25.9 Å². The average Bonchev–Trinajstić information content (AvgIpc) is 2.31. The van der Waals surface area contributed by atoms with Gasteiger partial charge in [0, 0.05) is 0 Å². The number of aliphatic carboxylic acids is 1. The summed E-state index contributed by atoms with van der Waals surface area (Å²) < 4.78 is 10.6. The minimum absolute atomic E-state index is 0. The third kappa shape index (κ3) is 4.40. The van der Waals surface area contributed by atoms with E-state index in [4.69, 9.17) is 14.9 Å². The molecule has 1 aliphatic heterocycles. The summed E-state index contributed by atoms with van der Waals surface area (Å²) in [6, 6.07) is -0.729. The Hall–Kier alpha value is 0.580. The standard InChI is InChI=1S/C6H12NO5P.Na.H/c8-6(9)5-2-1-3-7(5)4-13(10,11)12;;/h5H,1-4H2,(H,8,9)(H2,10,11,12);;/t5-;;/m0../s1. The van der Waals surface area contributed by atoms with Gasteiger partial charge in [-0.3, -0.25) is 14.3 Å². The van der Waals surface area contributed by atoms with E-state index in [1.165, 1.54) is 4.90 Å². The van der Waals surface area contributed by atoms with Crippen LogP contribution < -0.4 is 0 Å². The van der Waals surface area contributed by atoms with Crippen LogP contribution in [0.5, 0.6) is 0 Å². The molecule has 1 aliphatic rings. The van der Waals surface area contributed by atoms with Gasteiger partial charge in [0.2, 0.25) is 0 Å². The van der Waals surface area contributed by atoms with E-state index in [1.54, 1.807) is 0 Å². The third-order valence-electron chi connectivity index (χ3n) is 2.01. The van der Waals surface area contributed by atoms with Crippen LogP contribution in [0.15, 0.2) is 0 Å². The summed E-state index contributed by atoms with van der Waals surface area (Å²) >= 11 is 0. The summed E-state index contributed by atoms with van der Waals surface area (Å²) in [5.41, 5.74) is 0. The minimum atomic E-state index is -4.13. The van der Waals surface area contributed by atoms with E-state index in [9.17, 15) is 9.36 Å². The molecular weight excluding hydrogens is 220 g/mol. The van der Waals surface area contributed by atoms with Crippen molar-refractivity contribution in [1.82, 2.24) is 4.90 Å². The second-order valence-corrected chi connectivity index (χ2v) is 4.73.